The molecule has 0 aliphatic carbocycles. The van der Waals surface area contributed by atoms with Gasteiger partial charge in [0.25, 0.3) is 0 Å². The van der Waals surface area contributed by atoms with E-state index in [9.17, 15) is 4.79 Å². The van der Waals surface area contributed by atoms with Crippen LogP contribution in [0.2, 0.25) is 0 Å². The van der Waals surface area contributed by atoms with Crippen LogP contribution in [0.25, 0.3) is 0 Å². The average molecular weight is 164 g/mol. The Bertz CT molecular complexity index is 94.9. The topological polar surface area (TPSA) is 41.1 Å². The Labute approximate surface area is 49.6 Å². The normalized spacial score (nSPS) is 29.3. The van der Waals surface area contributed by atoms with Crippen LogP contribution in [0.4, 0.5) is 4.79 Å². The van der Waals surface area contributed by atoms with Gasteiger partial charge in [-0.2, -0.15) is 0 Å². The molecule has 3 nitrogen and oxygen atoms in total. The summed E-state index contributed by atoms with van der Waals surface area (Å²) >= 11 is 3.13. The van der Waals surface area contributed by atoms with Crippen molar-refractivity contribution in [1.29, 1.82) is 0 Å². The molecule has 39 valence electrons. The van der Waals surface area contributed by atoms with Crippen LogP contribution in [0.1, 0.15) is 0 Å². The van der Waals surface area contributed by atoms with E-state index in [1.807, 2.05) is 0 Å². The molecule has 1 heterocycles. The lowest BCUT2D eigenvalue weighted by molar-refractivity contribution is 0.248. The Hall–Kier alpha value is -0.250. The number of hydrogen-bond acceptors (Lipinski definition) is 1. The lowest BCUT2D eigenvalue weighted by atomic mass is 10.7. The zero-order valence-corrected chi connectivity index (χ0v) is 5.03. The third kappa shape index (κ3) is 1.06. The molecule has 0 spiro atoms. The quantitative estimate of drug-likeness (QED) is 0.389. The third-order valence-corrected chi connectivity index (χ3v) is 1.12. The van der Waals surface area contributed by atoms with E-state index in [2.05, 4.69) is 26.6 Å². The van der Waals surface area contributed by atoms with Crippen molar-refractivity contribution < 1.29 is 4.79 Å². The van der Waals surface area contributed by atoms with E-state index in [1.165, 1.54) is 0 Å². The van der Waals surface area contributed by atoms with Crippen molar-refractivity contribution in [3.8, 4) is 0 Å². The Morgan fingerprint density at radius 2 is 2.57 bits per heavy atom. The van der Waals surface area contributed by atoms with Crippen LogP contribution in [-0.2, 0) is 0 Å². The molecule has 0 aromatic rings. The molecule has 0 aromatic heterocycles. The molecule has 7 heavy (non-hydrogen) atoms. The van der Waals surface area contributed by atoms with E-state index in [1.54, 1.807) is 6.54 Å². The maximum atomic E-state index is 10.2. The van der Waals surface area contributed by atoms with E-state index >= 15 is 0 Å². The van der Waals surface area contributed by atoms with Gasteiger partial charge in [-0.05, 0) is 0 Å². The summed E-state index contributed by atoms with van der Waals surface area (Å²) in [6.07, 6.45) is 0. The lowest BCUT2D eigenvalue weighted by Crippen LogP contribution is -2.22. The second-order valence-electron chi connectivity index (χ2n) is 1.19. The number of urea groups is 1. The van der Waals surface area contributed by atoms with Crippen LogP contribution < -0.4 is 10.6 Å². The molecule has 1 saturated heterocycles. The van der Waals surface area contributed by atoms with Crippen LogP contribution in [-0.4, -0.2) is 11.0 Å². The van der Waals surface area contributed by atoms with Crippen molar-refractivity contribution in [2.24, 2.45) is 0 Å². The minimum atomic E-state index is -0.151. The summed E-state index contributed by atoms with van der Waals surface area (Å²) in [6.45, 7) is 1.63. The highest BCUT2D eigenvalue weighted by Crippen LogP contribution is 2.00. The molecule has 1 radical (unpaired) electrons. The number of carbonyl (C=O) groups is 1. The van der Waals surface area contributed by atoms with Gasteiger partial charge in [-0.15, -0.1) is 0 Å². The molecule has 4 heteroatoms. The number of carbonyl (C=O) groups excluding carboxylic acids is 1. The Kier molecular flexibility index (Phi) is 1.19. The van der Waals surface area contributed by atoms with Crippen LogP contribution in [0, 0.1) is 6.54 Å². The predicted octanol–water partition coefficient (Wildman–Crippen LogP) is 0.182. The second-order valence-corrected chi connectivity index (χ2v) is 2.17. The minimum absolute atomic E-state index is 0.000000000000000222. The molecule has 1 atom stereocenters. The van der Waals surface area contributed by atoms with Crippen molar-refractivity contribution in [1.82, 2.24) is 10.6 Å². The zero-order chi connectivity index (χ0) is 5.28. The molecule has 1 unspecified atom stereocenters. The van der Waals surface area contributed by atoms with Gasteiger partial charge in [0.1, 0.15) is 4.95 Å². The van der Waals surface area contributed by atoms with Gasteiger partial charge in [-0.25, -0.2) is 4.79 Å². The molecule has 0 bridgehead atoms. The Morgan fingerprint density at radius 1 is 1.86 bits per heavy atom. The lowest BCUT2D eigenvalue weighted by Gasteiger charge is -1.89. The summed E-state index contributed by atoms with van der Waals surface area (Å²) in [4.78, 5) is 10.2. The predicted molar refractivity (Wildman–Crippen MR) is 28.7 cm³/mol. The number of hydrogen-bond donors (Lipinski definition) is 2. The van der Waals surface area contributed by atoms with Gasteiger partial charge >= 0.3 is 6.03 Å². The molecule has 1 aliphatic rings. The van der Waals surface area contributed by atoms with Crippen molar-refractivity contribution in [3.63, 3.8) is 0 Å². The van der Waals surface area contributed by atoms with Gasteiger partial charge in [0.2, 0.25) is 0 Å². The van der Waals surface area contributed by atoms with Crippen molar-refractivity contribution in [2.45, 2.75) is 4.95 Å². The molecular weight excluding hydrogens is 160 g/mol. The largest absolute Gasteiger partial charge is 0.330 e. The van der Waals surface area contributed by atoms with Gasteiger partial charge in [-0.3, -0.25) is 0 Å². The molecular formula is C3H4BrN2O. The third-order valence-electron chi connectivity index (χ3n) is 0.630. The summed E-state index contributed by atoms with van der Waals surface area (Å²) < 4.78 is 0. The van der Waals surface area contributed by atoms with Crippen LogP contribution >= 0.6 is 15.9 Å². The molecule has 1 fully saturated rings. The maximum absolute atomic E-state index is 10.2. The van der Waals surface area contributed by atoms with Gasteiger partial charge < -0.3 is 10.6 Å². The van der Waals surface area contributed by atoms with E-state index in [0.29, 0.717) is 0 Å². The van der Waals surface area contributed by atoms with Crippen LogP contribution in [0.3, 0.4) is 0 Å². The van der Waals surface area contributed by atoms with Crippen molar-refractivity contribution in [2.75, 3.05) is 0 Å². The molecule has 2 N–H and O–H groups in total. The highest BCUT2D eigenvalue weighted by molar-refractivity contribution is 9.09. The summed E-state index contributed by atoms with van der Waals surface area (Å²) in [7, 11) is 0. The molecule has 1 aliphatic heterocycles. The number of amides is 2. The summed E-state index contributed by atoms with van der Waals surface area (Å²) in [5.41, 5.74) is 0. The first-order valence-electron chi connectivity index (χ1n) is 1.83. The molecule has 0 saturated carbocycles. The minimum Gasteiger partial charge on any atom is -0.330 e. The van der Waals surface area contributed by atoms with E-state index in [-0.39, 0.29) is 11.0 Å². The fraction of sp³-hybridized carbons (Fsp3) is 0.333. The van der Waals surface area contributed by atoms with Crippen molar-refractivity contribution >= 4 is 22.0 Å². The van der Waals surface area contributed by atoms with E-state index in [0.717, 1.165) is 0 Å². The monoisotopic (exact) mass is 163 g/mol. The van der Waals surface area contributed by atoms with Gasteiger partial charge in [0.15, 0.2) is 0 Å². The van der Waals surface area contributed by atoms with Gasteiger partial charge in [-0.1, -0.05) is 15.9 Å². The first kappa shape index (κ1) is 4.90. The SMILES string of the molecule is O=C1N[CH]C(Br)N1. The number of alkyl halides is 1. The first-order valence-corrected chi connectivity index (χ1v) is 2.75. The zero-order valence-electron chi connectivity index (χ0n) is 3.44. The summed E-state index contributed by atoms with van der Waals surface area (Å²) in [5, 5.41) is 4.98. The number of rotatable bonds is 0. The fourth-order valence-electron chi connectivity index (χ4n) is 0.357. The van der Waals surface area contributed by atoms with Gasteiger partial charge in [0.05, 0.1) is 6.54 Å². The Morgan fingerprint density at radius 3 is 2.71 bits per heavy atom. The summed E-state index contributed by atoms with van der Waals surface area (Å²) in [6, 6.07) is -0.151. The number of nitrogens with one attached hydrogen (secondary N) is 2. The van der Waals surface area contributed by atoms with Crippen LogP contribution in [0.15, 0.2) is 0 Å². The smallest absolute Gasteiger partial charge is 0.316 e. The molecule has 0 aromatic carbocycles. The first-order chi connectivity index (χ1) is 3.29. The summed E-state index contributed by atoms with van der Waals surface area (Å²) in [5.74, 6) is 0. The van der Waals surface area contributed by atoms with E-state index in [4.69, 9.17) is 0 Å². The maximum Gasteiger partial charge on any atom is 0.316 e. The standard InChI is InChI=1S/C3H4BrN2O/c4-2-1-5-3(7)6-2/h1-2H,(H2,5,6,7). The second kappa shape index (κ2) is 1.69. The number of halogens is 1. The Balaban J connectivity index is 2.40. The fourth-order valence-corrected chi connectivity index (χ4v) is 0.698. The van der Waals surface area contributed by atoms with E-state index < -0.39 is 0 Å². The molecule has 1 rings (SSSR count). The highest BCUT2D eigenvalue weighted by Gasteiger charge is 2.15. The van der Waals surface area contributed by atoms with Crippen molar-refractivity contribution in [3.05, 3.63) is 6.54 Å². The molecule has 2 amide bonds. The van der Waals surface area contributed by atoms with Crippen LogP contribution in [0.5, 0.6) is 0 Å². The average Bonchev–Trinajstić information content (AvgIpc) is 1.87. The highest BCUT2D eigenvalue weighted by atomic mass is 79.9. The van der Waals surface area contributed by atoms with Gasteiger partial charge in [0, 0.05) is 0 Å².